The Bertz CT molecular complexity index is 410. The van der Waals surface area contributed by atoms with Crippen molar-refractivity contribution in [2.24, 2.45) is 5.73 Å². The zero-order chi connectivity index (χ0) is 11.7. The number of benzene rings is 1. The zero-order valence-electron chi connectivity index (χ0n) is 10.3. The fourth-order valence-corrected chi connectivity index (χ4v) is 2.91. The Morgan fingerprint density at radius 1 is 1.06 bits per heavy atom. The second-order valence-electron chi connectivity index (χ2n) is 4.78. The van der Waals surface area contributed by atoms with E-state index >= 15 is 0 Å². The highest BCUT2D eigenvalue weighted by molar-refractivity contribution is 5.55. The van der Waals surface area contributed by atoms with Crippen LogP contribution in [0.25, 0.3) is 0 Å². The molecule has 0 saturated heterocycles. The molecule has 0 spiro atoms. The molecule has 2 nitrogen and oxygen atoms in total. The van der Waals surface area contributed by atoms with Crippen LogP contribution in [0.5, 0.6) is 5.75 Å². The minimum absolute atomic E-state index is 0.489. The molecule has 1 aromatic carbocycles. The molecule has 16 heavy (non-hydrogen) atoms. The molecule has 0 atom stereocenters. The van der Waals surface area contributed by atoms with Gasteiger partial charge in [0.15, 0.2) is 0 Å². The lowest BCUT2D eigenvalue weighted by molar-refractivity contribution is 0.460. The van der Waals surface area contributed by atoms with Crippen LogP contribution in [0.3, 0.4) is 0 Å². The summed E-state index contributed by atoms with van der Waals surface area (Å²) in [5.41, 5.74) is 11.9. The van der Waals surface area contributed by atoms with Crippen molar-refractivity contribution < 1.29 is 5.11 Å². The Balaban J connectivity index is 2.60. The van der Waals surface area contributed by atoms with Crippen molar-refractivity contribution in [2.45, 2.75) is 46.0 Å². The molecule has 1 aromatic rings. The number of nitrogens with two attached hydrogens (primary N) is 1. The van der Waals surface area contributed by atoms with Crippen LogP contribution in [-0.4, -0.2) is 11.7 Å². The molecule has 0 unspecified atom stereocenters. The Morgan fingerprint density at radius 2 is 1.62 bits per heavy atom. The number of fused-ring (bicyclic) bond motifs is 1. The Labute approximate surface area is 97.5 Å². The smallest absolute Gasteiger partial charge is 0.122 e. The fraction of sp³-hybridized carbons (Fsp3) is 0.571. The molecular formula is C14H21NO. The van der Waals surface area contributed by atoms with Crippen LogP contribution >= 0.6 is 0 Å². The van der Waals surface area contributed by atoms with Gasteiger partial charge in [-0.2, -0.15) is 0 Å². The topological polar surface area (TPSA) is 46.2 Å². The standard InChI is InChI=1S/C14H21NO/c1-9-11-5-3-4-6-12(11)10(2)14(16)13(9)7-8-15/h16H,3-8,15H2,1-2H3. The van der Waals surface area contributed by atoms with Gasteiger partial charge >= 0.3 is 0 Å². The lowest BCUT2D eigenvalue weighted by Crippen LogP contribution is -2.12. The maximum absolute atomic E-state index is 10.2. The molecule has 0 radical (unpaired) electrons. The predicted octanol–water partition coefficient (Wildman–Crippen LogP) is 2.39. The predicted molar refractivity (Wildman–Crippen MR) is 67.0 cm³/mol. The molecule has 1 aliphatic carbocycles. The summed E-state index contributed by atoms with van der Waals surface area (Å²) in [7, 11) is 0. The second kappa shape index (κ2) is 4.46. The molecule has 2 rings (SSSR count). The van der Waals surface area contributed by atoms with Gasteiger partial charge in [-0.1, -0.05) is 0 Å². The van der Waals surface area contributed by atoms with E-state index in [1.54, 1.807) is 0 Å². The van der Waals surface area contributed by atoms with Crippen LogP contribution < -0.4 is 5.73 Å². The zero-order valence-corrected chi connectivity index (χ0v) is 10.3. The molecule has 2 heteroatoms. The average Bonchev–Trinajstić information content (AvgIpc) is 2.32. The van der Waals surface area contributed by atoms with Gasteiger partial charge in [0.25, 0.3) is 0 Å². The van der Waals surface area contributed by atoms with E-state index in [1.165, 1.54) is 36.0 Å². The maximum atomic E-state index is 10.2. The first-order chi connectivity index (χ1) is 7.66. The highest BCUT2D eigenvalue weighted by atomic mass is 16.3. The van der Waals surface area contributed by atoms with Crippen molar-refractivity contribution in [1.29, 1.82) is 0 Å². The van der Waals surface area contributed by atoms with Gasteiger partial charge in [-0.15, -0.1) is 0 Å². The third-order valence-electron chi connectivity index (χ3n) is 3.86. The lowest BCUT2D eigenvalue weighted by Gasteiger charge is -2.24. The van der Waals surface area contributed by atoms with Gasteiger partial charge in [-0.3, -0.25) is 0 Å². The number of rotatable bonds is 2. The molecule has 3 N–H and O–H groups in total. The highest BCUT2D eigenvalue weighted by Crippen LogP contribution is 2.36. The monoisotopic (exact) mass is 219 g/mol. The number of hydrogen-bond acceptors (Lipinski definition) is 2. The molecule has 0 fully saturated rings. The van der Waals surface area contributed by atoms with Crippen molar-refractivity contribution in [3.8, 4) is 5.75 Å². The summed E-state index contributed by atoms with van der Waals surface area (Å²) in [6, 6.07) is 0. The normalized spacial score (nSPS) is 14.9. The number of phenols is 1. The summed E-state index contributed by atoms with van der Waals surface area (Å²) in [6.45, 7) is 4.78. The van der Waals surface area contributed by atoms with E-state index in [9.17, 15) is 5.11 Å². The first-order valence-corrected chi connectivity index (χ1v) is 6.19. The molecule has 0 bridgehead atoms. The first kappa shape index (κ1) is 11.5. The SMILES string of the molecule is Cc1c(O)c(CCN)c(C)c2c1CCCC2. The van der Waals surface area contributed by atoms with Gasteiger partial charge in [-0.05, 0) is 80.3 Å². The van der Waals surface area contributed by atoms with Crippen molar-refractivity contribution in [3.63, 3.8) is 0 Å². The van der Waals surface area contributed by atoms with E-state index in [1.807, 2.05) is 6.92 Å². The quantitative estimate of drug-likeness (QED) is 0.802. The molecular weight excluding hydrogens is 198 g/mol. The largest absolute Gasteiger partial charge is 0.507 e. The second-order valence-corrected chi connectivity index (χ2v) is 4.78. The molecule has 0 aromatic heterocycles. The summed E-state index contributed by atoms with van der Waals surface area (Å²) in [5, 5.41) is 10.2. The average molecular weight is 219 g/mol. The number of phenolic OH excluding ortho intramolecular Hbond substituents is 1. The summed E-state index contributed by atoms with van der Waals surface area (Å²) in [6.07, 6.45) is 5.60. The van der Waals surface area contributed by atoms with Crippen LogP contribution in [0.2, 0.25) is 0 Å². The Morgan fingerprint density at radius 3 is 2.19 bits per heavy atom. The molecule has 0 heterocycles. The Hall–Kier alpha value is -1.02. The van der Waals surface area contributed by atoms with Gasteiger partial charge in [0, 0.05) is 0 Å². The summed E-state index contributed by atoms with van der Waals surface area (Å²) in [5.74, 6) is 0.489. The first-order valence-electron chi connectivity index (χ1n) is 6.19. The summed E-state index contributed by atoms with van der Waals surface area (Å²) >= 11 is 0. The van der Waals surface area contributed by atoms with Crippen molar-refractivity contribution in [2.75, 3.05) is 6.54 Å². The van der Waals surface area contributed by atoms with Crippen LogP contribution in [0, 0.1) is 13.8 Å². The van der Waals surface area contributed by atoms with Crippen molar-refractivity contribution in [1.82, 2.24) is 0 Å². The van der Waals surface area contributed by atoms with E-state index in [-0.39, 0.29) is 0 Å². The van der Waals surface area contributed by atoms with Crippen LogP contribution in [0.1, 0.15) is 40.7 Å². The highest BCUT2D eigenvalue weighted by Gasteiger charge is 2.20. The summed E-state index contributed by atoms with van der Waals surface area (Å²) < 4.78 is 0. The van der Waals surface area contributed by atoms with E-state index in [0.717, 1.165) is 24.0 Å². The lowest BCUT2D eigenvalue weighted by atomic mass is 9.82. The molecule has 88 valence electrons. The minimum atomic E-state index is 0.489. The van der Waals surface area contributed by atoms with Crippen LogP contribution in [0.15, 0.2) is 0 Å². The maximum Gasteiger partial charge on any atom is 0.122 e. The van der Waals surface area contributed by atoms with Crippen molar-refractivity contribution in [3.05, 3.63) is 27.8 Å². The fourth-order valence-electron chi connectivity index (χ4n) is 2.91. The minimum Gasteiger partial charge on any atom is -0.507 e. The third kappa shape index (κ3) is 1.71. The van der Waals surface area contributed by atoms with E-state index in [4.69, 9.17) is 5.73 Å². The molecule has 0 saturated carbocycles. The van der Waals surface area contributed by atoms with Gasteiger partial charge in [-0.25, -0.2) is 0 Å². The van der Waals surface area contributed by atoms with Crippen molar-refractivity contribution >= 4 is 0 Å². The van der Waals surface area contributed by atoms with E-state index in [2.05, 4.69) is 6.92 Å². The molecule has 0 amide bonds. The van der Waals surface area contributed by atoms with Gasteiger partial charge in [0.1, 0.15) is 5.75 Å². The van der Waals surface area contributed by atoms with Gasteiger partial charge < -0.3 is 10.8 Å². The third-order valence-corrected chi connectivity index (χ3v) is 3.86. The molecule has 1 aliphatic rings. The van der Waals surface area contributed by atoms with E-state index in [0.29, 0.717) is 12.3 Å². The van der Waals surface area contributed by atoms with Crippen LogP contribution in [0.4, 0.5) is 0 Å². The van der Waals surface area contributed by atoms with Gasteiger partial charge in [0.05, 0.1) is 0 Å². The van der Waals surface area contributed by atoms with Crippen LogP contribution in [-0.2, 0) is 19.3 Å². The Kier molecular flexibility index (Phi) is 3.20. The summed E-state index contributed by atoms with van der Waals surface area (Å²) in [4.78, 5) is 0. The van der Waals surface area contributed by atoms with Gasteiger partial charge in [0.2, 0.25) is 0 Å². The number of hydrogen-bond donors (Lipinski definition) is 2. The number of aromatic hydroxyl groups is 1. The van der Waals surface area contributed by atoms with E-state index < -0.39 is 0 Å². The molecule has 0 aliphatic heterocycles.